The average molecular weight is 385 g/mol. The summed E-state index contributed by atoms with van der Waals surface area (Å²) >= 11 is 1.18. The van der Waals surface area contributed by atoms with E-state index in [1.807, 2.05) is 37.3 Å². The fourth-order valence-corrected chi connectivity index (χ4v) is 2.83. The summed E-state index contributed by atoms with van der Waals surface area (Å²) in [5.74, 6) is 1.84. The second-order valence-electron chi connectivity index (χ2n) is 5.40. The number of carbonyl (C=O) groups is 1. The number of aromatic nitrogens is 2. The summed E-state index contributed by atoms with van der Waals surface area (Å²) in [6, 6.07) is 14.5. The molecule has 0 saturated carbocycles. The lowest BCUT2D eigenvalue weighted by molar-refractivity contribution is -0.113. The summed E-state index contributed by atoms with van der Waals surface area (Å²) in [7, 11) is 1.59. The van der Waals surface area contributed by atoms with E-state index < -0.39 is 0 Å². The SMILES string of the molecule is CCOc1ccc(NC(=O)CSc2nnc(-c3cccc(OC)c3)o2)cc1. The minimum Gasteiger partial charge on any atom is -0.497 e. The second-order valence-corrected chi connectivity index (χ2v) is 6.33. The van der Waals surface area contributed by atoms with Crippen molar-refractivity contribution in [3.63, 3.8) is 0 Å². The Balaban J connectivity index is 1.54. The molecule has 3 rings (SSSR count). The van der Waals surface area contributed by atoms with Crippen LogP contribution in [0, 0.1) is 0 Å². The van der Waals surface area contributed by atoms with E-state index in [9.17, 15) is 4.79 Å². The zero-order valence-electron chi connectivity index (χ0n) is 15.0. The smallest absolute Gasteiger partial charge is 0.277 e. The van der Waals surface area contributed by atoms with Crippen LogP contribution in [0.4, 0.5) is 5.69 Å². The highest BCUT2D eigenvalue weighted by Crippen LogP contribution is 2.26. The van der Waals surface area contributed by atoms with Gasteiger partial charge in [0.15, 0.2) is 0 Å². The van der Waals surface area contributed by atoms with E-state index >= 15 is 0 Å². The van der Waals surface area contributed by atoms with Crippen LogP contribution in [0.15, 0.2) is 58.2 Å². The van der Waals surface area contributed by atoms with Gasteiger partial charge in [-0.25, -0.2) is 0 Å². The van der Waals surface area contributed by atoms with Crippen molar-refractivity contribution < 1.29 is 18.7 Å². The van der Waals surface area contributed by atoms with Gasteiger partial charge in [-0.05, 0) is 49.4 Å². The van der Waals surface area contributed by atoms with Crippen molar-refractivity contribution in [3.05, 3.63) is 48.5 Å². The number of amides is 1. The molecule has 1 N–H and O–H groups in total. The Morgan fingerprint density at radius 3 is 2.70 bits per heavy atom. The number of methoxy groups -OCH3 is 1. The van der Waals surface area contributed by atoms with Crippen LogP contribution < -0.4 is 14.8 Å². The maximum atomic E-state index is 12.1. The van der Waals surface area contributed by atoms with E-state index in [0.717, 1.165) is 11.3 Å². The third-order valence-electron chi connectivity index (χ3n) is 3.50. The molecule has 0 spiro atoms. The number of rotatable bonds is 8. The summed E-state index contributed by atoms with van der Waals surface area (Å²) in [5, 5.41) is 11.1. The highest BCUT2D eigenvalue weighted by molar-refractivity contribution is 7.99. The van der Waals surface area contributed by atoms with Crippen molar-refractivity contribution in [1.29, 1.82) is 0 Å². The standard InChI is InChI=1S/C19H19N3O4S/c1-3-25-15-9-7-14(8-10-15)20-17(23)12-27-19-22-21-18(26-19)13-5-4-6-16(11-13)24-2/h4-11H,3,12H2,1-2H3,(H,20,23). The molecule has 1 amide bonds. The van der Waals surface area contributed by atoms with Gasteiger partial charge in [-0.15, -0.1) is 10.2 Å². The van der Waals surface area contributed by atoms with E-state index in [1.165, 1.54) is 11.8 Å². The van der Waals surface area contributed by atoms with Gasteiger partial charge in [0, 0.05) is 11.3 Å². The largest absolute Gasteiger partial charge is 0.497 e. The first kappa shape index (κ1) is 18.8. The number of hydrogen-bond acceptors (Lipinski definition) is 7. The molecule has 0 saturated heterocycles. The quantitative estimate of drug-likeness (QED) is 0.589. The molecule has 0 fully saturated rings. The molecule has 0 aliphatic rings. The molecule has 0 bridgehead atoms. The van der Waals surface area contributed by atoms with E-state index in [4.69, 9.17) is 13.9 Å². The Morgan fingerprint density at radius 2 is 1.96 bits per heavy atom. The van der Waals surface area contributed by atoms with Gasteiger partial charge in [0.05, 0.1) is 19.5 Å². The molecule has 3 aromatic rings. The summed E-state index contributed by atoms with van der Waals surface area (Å²) in [5.41, 5.74) is 1.46. The normalized spacial score (nSPS) is 10.4. The maximum absolute atomic E-state index is 12.1. The zero-order chi connectivity index (χ0) is 19.1. The molecular formula is C19H19N3O4S. The lowest BCUT2D eigenvalue weighted by Crippen LogP contribution is -2.13. The number of nitrogens with one attached hydrogen (secondary N) is 1. The van der Waals surface area contributed by atoms with Gasteiger partial charge in [0.25, 0.3) is 5.22 Å². The molecule has 7 nitrogen and oxygen atoms in total. The molecule has 0 aliphatic carbocycles. The number of benzene rings is 2. The third-order valence-corrected chi connectivity index (χ3v) is 4.32. The van der Waals surface area contributed by atoms with Crippen LogP contribution in [0.25, 0.3) is 11.5 Å². The Kier molecular flexibility index (Phi) is 6.32. The summed E-state index contributed by atoms with van der Waals surface area (Å²) in [6.07, 6.45) is 0. The van der Waals surface area contributed by atoms with Crippen molar-refractivity contribution in [2.24, 2.45) is 0 Å². The lowest BCUT2D eigenvalue weighted by atomic mass is 10.2. The number of ether oxygens (including phenoxy) is 2. The van der Waals surface area contributed by atoms with Crippen LogP contribution in [0.2, 0.25) is 0 Å². The molecule has 0 atom stereocenters. The van der Waals surface area contributed by atoms with Crippen LogP contribution in [0.3, 0.4) is 0 Å². The summed E-state index contributed by atoms with van der Waals surface area (Å²) < 4.78 is 16.2. The van der Waals surface area contributed by atoms with E-state index in [-0.39, 0.29) is 11.7 Å². The van der Waals surface area contributed by atoms with E-state index in [2.05, 4.69) is 15.5 Å². The summed E-state index contributed by atoms with van der Waals surface area (Å²) in [4.78, 5) is 12.1. The van der Waals surface area contributed by atoms with Gasteiger partial charge < -0.3 is 19.2 Å². The van der Waals surface area contributed by atoms with E-state index in [0.29, 0.717) is 29.2 Å². The average Bonchev–Trinajstić information content (AvgIpc) is 3.17. The maximum Gasteiger partial charge on any atom is 0.277 e. The molecule has 0 radical (unpaired) electrons. The minimum absolute atomic E-state index is 0.160. The van der Waals surface area contributed by atoms with Gasteiger partial charge in [0.2, 0.25) is 11.8 Å². The van der Waals surface area contributed by atoms with Crippen molar-refractivity contribution in [2.75, 3.05) is 24.8 Å². The number of carbonyl (C=O) groups excluding carboxylic acids is 1. The number of nitrogens with zero attached hydrogens (tertiary/aromatic N) is 2. The minimum atomic E-state index is -0.162. The van der Waals surface area contributed by atoms with Crippen molar-refractivity contribution >= 4 is 23.4 Å². The summed E-state index contributed by atoms with van der Waals surface area (Å²) in [6.45, 7) is 2.52. The molecule has 2 aromatic carbocycles. The Morgan fingerprint density at radius 1 is 1.15 bits per heavy atom. The van der Waals surface area contributed by atoms with Gasteiger partial charge in [-0.1, -0.05) is 17.8 Å². The number of hydrogen-bond donors (Lipinski definition) is 1. The zero-order valence-corrected chi connectivity index (χ0v) is 15.8. The highest BCUT2D eigenvalue weighted by atomic mass is 32.2. The fraction of sp³-hybridized carbons (Fsp3) is 0.211. The monoisotopic (exact) mass is 385 g/mol. The first-order valence-electron chi connectivity index (χ1n) is 8.31. The number of thioether (sulfide) groups is 1. The molecular weight excluding hydrogens is 366 g/mol. The molecule has 27 heavy (non-hydrogen) atoms. The molecule has 0 aliphatic heterocycles. The second kappa shape index (κ2) is 9.09. The number of anilines is 1. The predicted molar refractivity (Wildman–Crippen MR) is 103 cm³/mol. The Labute approximate surface area is 161 Å². The van der Waals surface area contributed by atoms with Crippen LogP contribution >= 0.6 is 11.8 Å². The van der Waals surface area contributed by atoms with Crippen LogP contribution in [0.5, 0.6) is 11.5 Å². The molecule has 0 unspecified atom stereocenters. The topological polar surface area (TPSA) is 86.5 Å². The molecule has 140 valence electrons. The highest BCUT2D eigenvalue weighted by Gasteiger charge is 2.12. The van der Waals surface area contributed by atoms with Crippen LogP contribution in [-0.2, 0) is 4.79 Å². The van der Waals surface area contributed by atoms with Crippen molar-refractivity contribution in [2.45, 2.75) is 12.1 Å². The van der Waals surface area contributed by atoms with Gasteiger partial charge in [-0.3, -0.25) is 4.79 Å². The molecule has 1 heterocycles. The Hall–Kier alpha value is -3.00. The Bertz CT molecular complexity index is 896. The fourth-order valence-electron chi connectivity index (χ4n) is 2.27. The first-order valence-corrected chi connectivity index (χ1v) is 9.30. The van der Waals surface area contributed by atoms with Crippen molar-refractivity contribution in [3.8, 4) is 23.0 Å². The van der Waals surface area contributed by atoms with Gasteiger partial charge >= 0.3 is 0 Å². The molecule has 1 aromatic heterocycles. The lowest BCUT2D eigenvalue weighted by Gasteiger charge is -2.06. The third kappa shape index (κ3) is 5.24. The van der Waals surface area contributed by atoms with Crippen LogP contribution in [0.1, 0.15) is 6.92 Å². The predicted octanol–water partition coefficient (Wildman–Crippen LogP) is 3.87. The first-order chi connectivity index (χ1) is 13.2. The van der Waals surface area contributed by atoms with Gasteiger partial charge in [-0.2, -0.15) is 0 Å². The van der Waals surface area contributed by atoms with Crippen LogP contribution in [-0.4, -0.2) is 35.6 Å². The van der Waals surface area contributed by atoms with E-state index in [1.54, 1.807) is 25.3 Å². The van der Waals surface area contributed by atoms with Crippen molar-refractivity contribution in [1.82, 2.24) is 10.2 Å². The molecule has 8 heteroatoms. The van der Waals surface area contributed by atoms with Gasteiger partial charge in [0.1, 0.15) is 11.5 Å².